The largest absolute Gasteiger partial charge is 0.416 e. The molecular formula is C20H17F3N2O3. The number of carbonyl (C=O) groups is 3. The zero-order chi connectivity index (χ0) is 19.8. The standard InChI is InChI=1S/C20H17F3N2O3/c21-20(22,23)9-2-1-3-10(6-9)24-15(26)8-25-18(27)16-11-4-5-12(14-7-13(11)14)17(16)19(25)28/h1-6,11-14,16-17H,7-8H2,(H,24,26)/t11-,12-,13-,14-,16-,17+/m0/s1. The first-order chi connectivity index (χ1) is 13.3. The van der Waals surface area contributed by atoms with Crippen LogP contribution in [-0.4, -0.2) is 29.2 Å². The number of nitrogens with zero attached hydrogens (tertiary/aromatic N) is 1. The summed E-state index contributed by atoms with van der Waals surface area (Å²) in [5, 5.41) is 2.36. The summed E-state index contributed by atoms with van der Waals surface area (Å²) in [6, 6.07) is 4.25. The maximum absolute atomic E-state index is 12.8. The van der Waals surface area contributed by atoms with Gasteiger partial charge in [-0.2, -0.15) is 13.2 Å². The van der Waals surface area contributed by atoms with Gasteiger partial charge in [0.1, 0.15) is 6.54 Å². The number of alkyl halides is 3. The quantitative estimate of drug-likeness (QED) is 0.638. The van der Waals surface area contributed by atoms with Gasteiger partial charge < -0.3 is 5.32 Å². The van der Waals surface area contributed by atoms with Crippen LogP contribution in [0.1, 0.15) is 12.0 Å². The Morgan fingerprint density at radius 1 is 1.07 bits per heavy atom. The molecule has 2 saturated carbocycles. The summed E-state index contributed by atoms with van der Waals surface area (Å²) >= 11 is 0. The van der Waals surface area contributed by atoms with Crippen LogP contribution in [0, 0.1) is 35.5 Å². The van der Waals surface area contributed by atoms with E-state index < -0.39 is 36.0 Å². The van der Waals surface area contributed by atoms with Gasteiger partial charge in [-0.15, -0.1) is 0 Å². The third-order valence-corrected chi connectivity index (χ3v) is 6.53. The number of allylic oxidation sites excluding steroid dienone is 2. The van der Waals surface area contributed by atoms with Crippen LogP contribution in [0.5, 0.6) is 0 Å². The molecule has 2 bridgehead atoms. The molecule has 8 heteroatoms. The number of amides is 3. The Labute approximate surface area is 158 Å². The van der Waals surface area contributed by atoms with Gasteiger partial charge in [0.15, 0.2) is 0 Å². The minimum atomic E-state index is -4.52. The van der Waals surface area contributed by atoms with Crippen LogP contribution in [0.4, 0.5) is 18.9 Å². The van der Waals surface area contributed by atoms with E-state index in [0.717, 1.165) is 23.5 Å². The van der Waals surface area contributed by atoms with E-state index in [1.165, 1.54) is 12.1 Å². The lowest BCUT2D eigenvalue weighted by Crippen LogP contribution is -2.40. The van der Waals surface area contributed by atoms with Gasteiger partial charge in [0, 0.05) is 5.69 Å². The second kappa shape index (κ2) is 5.68. The number of benzene rings is 1. The molecule has 1 aromatic rings. The van der Waals surface area contributed by atoms with Gasteiger partial charge in [0.2, 0.25) is 17.7 Å². The summed E-state index contributed by atoms with van der Waals surface area (Å²) in [7, 11) is 0. The Balaban J connectivity index is 1.30. The molecule has 3 fully saturated rings. The molecule has 28 heavy (non-hydrogen) atoms. The molecule has 1 saturated heterocycles. The van der Waals surface area contributed by atoms with Crippen molar-refractivity contribution in [3.63, 3.8) is 0 Å². The van der Waals surface area contributed by atoms with Crippen molar-refractivity contribution in [3.05, 3.63) is 42.0 Å². The first-order valence-electron chi connectivity index (χ1n) is 9.26. The summed E-state index contributed by atoms with van der Waals surface area (Å²) in [6.07, 6.45) is 0.602. The Morgan fingerprint density at radius 3 is 2.25 bits per heavy atom. The van der Waals surface area contributed by atoms with Crippen molar-refractivity contribution >= 4 is 23.4 Å². The van der Waals surface area contributed by atoms with Gasteiger partial charge in [0.05, 0.1) is 17.4 Å². The van der Waals surface area contributed by atoms with Gasteiger partial charge in [-0.1, -0.05) is 18.2 Å². The van der Waals surface area contributed by atoms with E-state index in [9.17, 15) is 27.6 Å². The van der Waals surface area contributed by atoms with E-state index in [4.69, 9.17) is 0 Å². The molecule has 0 spiro atoms. The van der Waals surface area contributed by atoms with Crippen molar-refractivity contribution in [1.82, 2.24) is 4.90 Å². The van der Waals surface area contributed by atoms with Gasteiger partial charge >= 0.3 is 6.18 Å². The molecule has 6 rings (SSSR count). The molecule has 6 atom stereocenters. The molecule has 1 aliphatic heterocycles. The molecule has 4 aliphatic carbocycles. The highest BCUT2D eigenvalue weighted by atomic mass is 19.4. The van der Waals surface area contributed by atoms with E-state index >= 15 is 0 Å². The van der Waals surface area contributed by atoms with Gasteiger partial charge in [0.25, 0.3) is 0 Å². The minimum Gasteiger partial charge on any atom is -0.325 e. The van der Waals surface area contributed by atoms with E-state index in [-0.39, 0.29) is 29.3 Å². The van der Waals surface area contributed by atoms with Gasteiger partial charge in [-0.3, -0.25) is 19.3 Å². The lowest BCUT2D eigenvalue weighted by atomic mass is 9.63. The molecule has 0 aromatic heterocycles. The van der Waals surface area contributed by atoms with Crippen LogP contribution < -0.4 is 5.32 Å². The van der Waals surface area contributed by atoms with E-state index in [2.05, 4.69) is 5.32 Å². The molecule has 0 radical (unpaired) electrons. The highest BCUT2D eigenvalue weighted by Gasteiger charge is 2.67. The molecule has 5 aliphatic rings. The zero-order valence-corrected chi connectivity index (χ0v) is 14.6. The fourth-order valence-electron chi connectivity index (χ4n) is 5.29. The highest BCUT2D eigenvalue weighted by molar-refractivity contribution is 6.09. The number of hydrogen-bond acceptors (Lipinski definition) is 3. The number of anilines is 1. The van der Waals surface area contributed by atoms with Crippen LogP contribution in [0.3, 0.4) is 0 Å². The highest BCUT2D eigenvalue weighted by Crippen LogP contribution is 2.65. The van der Waals surface area contributed by atoms with Crippen LogP contribution in [-0.2, 0) is 20.6 Å². The fourth-order valence-corrected chi connectivity index (χ4v) is 5.29. The maximum Gasteiger partial charge on any atom is 0.416 e. The molecule has 146 valence electrons. The molecule has 1 N–H and O–H groups in total. The van der Waals surface area contributed by atoms with Gasteiger partial charge in [-0.25, -0.2) is 0 Å². The second-order valence-corrected chi connectivity index (χ2v) is 8.04. The maximum atomic E-state index is 12.8. The summed E-state index contributed by atoms with van der Waals surface area (Å²) in [5.41, 5.74) is -0.911. The summed E-state index contributed by atoms with van der Waals surface area (Å²) in [5.74, 6) is -1.09. The smallest absolute Gasteiger partial charge is 0.325 e. The molecule has 5 nitrogen and oxygen atoms in total. The predicted octanol–water partition coefficient (Wildman–Crippen LogP) is 2.70. The van der Waals surface area contributed by atoms with Crippen LogP contribution >= 0.6 is 0 Å². The predicted molar refractivity (Wildman–Crippen MR) is 91.5 cm³/mol. The average Bonchev–Trinajstić information content (AvgIpc) is 3.42. The Bertz CT molecular complexity index is 890. The van der Waals surface area contributed by atoms with Gasteiger partial charge in [-0.05, 0) is 48.3 Å². The number of likely N-dealkylation sites (tertiary alicyclic amines) is 1. The summed E-state index contributed by atoms with van der Waals surface area (Å²) in [6.45, 7) is -0.477. The van der Waals surface area contributed by atoms with Crippen molar-refractivity contribution in [3.8, 4) is 0 Å². The number of imide groups is 1. The van der Waals surface area contributed by atoms with Crippen molar-refractivity contribution in [2.24, 2.45) is 35.5 Å². The van der Waals surface area contributed by atoms with E-state index in [1.807, 2.05) is 12.2 Å². The zero-order valence-electron chi connectivity index (χ0n) is 14.6. The average molecular weight is 390 g/mol. The van der Waals surface area contributed by atoms with Crippen molar-refractivity contribution < 1.29 is 27.6 Å². The number of halogens is 3. The van der Waals surface area contributed by atoms with Crippen LogP contribution in [0.15, 0.2) is 36.4 Å². The van der Waals surface area contributed by atoms with Crippen molar-refractivity contribution in [2.45, 2.75) is 12.6 Å². The molecule has 1 aromatic carbocycles. The summed E-state index contributed by atoms with van der Waals surface area (Å²) in [4.78, 5) is 38.9. The third-order valence-electron chi connectivity index (χ3n) is 6.53. The van der Waals surface area contributed by atoms with Crippen LogP contribution in [0.2, 0.25) is 0 Å². The monoisotopic (exact) mass is 390 g/mol. The number of rotatable bonds is 3. The number of nitrogens with one attached hydrogen (secondary N) is 1. The van der Waals surface area contributed by atoms with E-state index in [1.54, 1.807) is 0 Å². The first kappa shape index (κ1) is 17.5. The Kier molecular flexibility index (Phi) is 3.54. The minimum absolute atomic E-state index is 0.0284. The lowest BCUT2D eigenvalue weighted by molar-refractivity contribution is -0.143. The SMILES string of the molecule is O=C(CN1C(=O)[C@@H]2[C@H]3C=C[C@@H]([C@@H]4C[C@@H]34)[C@@H]2C1=O)Nc1cccc(C(F)(F)F)c1. The Morgan fingerprint density at radius 2 is 1.68 bits per heavy atom. The normalized spacial score (nSPS) is 35.0. The number of hydrogen-bond donors (Lipinski definition) is 1. The molecule has 0 unspecified atom stereocenters. The van der Waals surface area contributed by atoms with Crippen molar-refractivity contribution in [2.75, 3.05) is 11.9 Å². The third kappa shape index (κ3) is 2.50. The number of carbonyl (C=O) groups excluding carboxylic acids is 3. The van der Waals surface area contributed by atoms with Crippen LogP contribution in [0.25, 0.3) is 0 Å². The molecule has 1 heterocycles. The topological polar surface area (TPSA) is 66.5 Å². The first-order valence-corrected chi connectivity index (χ1v) is 9.26. The summed E-state index contributed by atoms with van der Waals surface area (Å²) < 4.78 is 38.4. The molecule has 3 amide bonds. The van der Waals surface area contributed by atoms with Crippen molar-refractivity contribution in [1.29, 1.82) is 0 Å². The Hall–Kier alpha value is -2.64. The lowest BCUT2D eigenvalue weighted by Gasteiger charge is -2.37. The van der Waals surface area contributed by atoms with E-state index in [0.29, 0.717) is 11.8 Å². The fraction of sp³-hybridized carbons (Fsp3) is 0.450. The second-order valence-electron chi connectivity index (χ2n) is 8.04. The molecular weight excluding hydrogens is 373 g/mol.